The van der Waals surface area contributed by atoms with E-state index in [1.54, 1.807) is 0 Å². The molecule has 1 unspecified atom stereocenters. The summed E-state index contributed by atoms with van der Waals surface area (Å²) in [7, 11) is 0. The van der Waals surface area contributed by atoms with Gasteiger partial charge >= 0.3 is 0 Å². The molecule has 1 aliphatic rings. The van der Waals surface area contributed by atoms with E-state index in [9.17, 15) is 5.11 Å². The van der Waals surface area contributed by atoms with E-state index < -0.39 is 0 Å². The minimum atomic E-state index is -0.382. The van der Waals surface area contributed by atoms with E-state index in [-0.39, 0.29) is 11.6 Å². The second-order valence-electron chi connectivity index (χ2n) is 6.09. The first kappa shape index (κ1) is 14.9. The Labute approximate surface area is 106 Å². The van der Waals surface area contributed by atoms with E-state index in [0.717, 1.165) is 6.61 Å². The summed E-state index contributed by atoms with van der Waals surface area (Å²) in [6.07, 6.45) is 6.05. The Bertz CT molecular complexity index is 200. The topological polar surface area (TPSA) is 41.5 Å². The summed E-state index contributed by atoms with van der Waals surface area (Å²) in [6.45, 7) is 8.33. The Kier molecular flexibility index (Phi) is 6.45. The maximum absolute atomic E-state index is 9.82. The van der Waals surface area contributed by atoms with Crippen LogP contribution in [-0.4, -0.2) is 36.5 Å². The molecule has 0 heterocycles. The van der Waals surface area contributed by atoms with Gasteiger partial charge in [0.1, 0.15) is 0 Å². The van der Waals surface area contributed by atoms with Crippen molar-refractivity contribution in [2.45, 2.75) is 64.5 Å². The number of hydrogen-bond donors (Lipinski definition) is 2. The van der Waals surface area contributed by atoms with E-state index in [4.69, 9.17) is 4.74 Å². The molecular formula is C14H29NO2. The van der Waals surface area contributed by atoms with Crippen molar-refractivity contribution in [3.8, 4) is 0 Å². The summed E-state index contributed by atoms with van der Waals surface area (Å²) in [5, 5.41) is 13.3. The van der Waals surface area contributed by atoms with Crippen molar-refractivity contribution < 1.29 is 9.84 Å². The first-order chi connectivity index (χ1) is 8.02. The van der Waals surface area contributed by atoms with Crippen LogP contribution in [0.25, 0.3) is 0 Å². The lowest BCUT2D eigenvalue weighted by Crippen LogP contribution is -2.47. The van der Waals surface area contributed by atoms with Gasteiger partial charge in [-0.3, -0.25) is 0 Å². The van der Waals surface area contributed by atoms with Crippen LogP contribution in [0.5, 0.6) is 0 Å². The molecule has 1 aliphatic carbocycles. The standard InChI is InChI=1S/C14H29NO2/c1-12(2)10-17-11-13(16)9-15-14(3)7-5-4-6-8-14/h12-13,15-16H,4-11H2,1-3H3. The van der Waals surface area contributed by atoms with E-state index in [2.05, 4.69) is 26.1 Å². The zero-order valence-electron chi connectivity index (χ0n) is 11.7. The molecule has 0 aromatic carbocycles. The zero-order chi connectivity index (χ0) is 12.7. The predicted molar refractivity (Wildman–Crippen MR) is 71.2 cm³/mol. The average Bonchev–Trinajstić information content (AvgIpc) is 2.27. The lowest BCUT2D eigenvalue weighted by atomic mass is 9.83. The predicted octanol–water partition coefficient (Wildman–Crippen LogP) is 2.33. The smallest absolute Gasteiger partial charge is 0.0897 e. The van der Waals surface area contributed by atoms with Crippen molar-refractivity contribution >= 4 is 0 Å². The molecule has 0 spiro atoms. The Balaban J connectivity index is 2.11. The van der Waals surface area contributed by atoms with E-state index >= 15 is 0 Å². The van der Waals surface area contributed by atoms with Crippen LogP contribution in [0.4, 0.5) is 0 Å². The van der Waals surface area contributed by atoms with Gasteiger partial charge in [0, 0.05) is 18.7 Å². The second-order valence-corrected chi connectivity index (χ2v) is 6.09. The van der Waals surface area contributed by atoms with Crippen molar-refractivity contribution in [1.29, 1.82) is 0 Å². The monoisotopic (exact) mass is 243 g/mol. The Morgan fingerprint density at radius 2 is 1.82 bits per heavy atom. The second kappa shape index (κ2) is 7.34. The summed E-state index contributed by atoms with van der Waals surface area (Å²) in [5.74, 6) is 0.533. The van der Waals surface area contributed by atoms with Crippen molar-refractivity contribution in [3.63, 3.8) is 0 Å². The van der Waals surface area contributed by atoms with Gasteiger partial charge in [-0.2, -0.15) is 0 Å². The number of hydrogen-bond acceptors (Lipinski definition) is 3. The summed E-state index contributed by atoms with van der Waals surface area (Å²) >= 11 is 0. The quantitative estimate of drug-likeness (QED) is 0.721. The number of ether oxygens (including phenoxy) is 1. The SMILES string of the molecule is CC(C)COCC(O)CNC1(C)CCCCC1. The molecule has 3 nitrogen and oxygen atoms in total. The van der Waals surface area contributed by atoms with Gasteiger partial charge in [-0.05, 0) is 25.7 Å². The van der Waals surface area contributed by atoms with E-state index in [1.807, 2.05) is 0 Å². The Hall–Kier alpha value is -0.120. The highest BCUT2D eigenvalue weighted by atomic mass is 16.5. The third-order valence-electron chi connectivity index (χ3n) is 3.48. The number of aliphatic hydroxyl groups is 1. The summed E-state index contributed by atoms with van der Waals surface area (Å²) in [5.41, 5.74) is 0.233. The lowest BCUT2D eigenvalue weighted by molar-refractivity contribution is 0.0214. The molecule has 0 radical (unpaired) electrons. The molecule has 102 valence electrons. The normalized spacial score (nSPS) is 21.7. The van der Waals surface area contributed by atoms with Crippen LogP contribution in [0.2, 0.25) is 0 Å². The minimum absolute atomic E-state index is 0.233. The van der Waals surface area contributed by atoms with Crippen LogP contribution in [0.1, 0.15) is 52.9 Å². The molecule has 0 bridgehead atoms. The molecule has 0 amide bonds. The molecule has 1 atom stereocenters. The third-order valence-corrected chi connectivity index (χ3v) is 3.48. The van der Waals surface area contributed by atoms with Gasteiger partial charge in [-0.15, -0.1) is 0 Å². The average molecular weight is 243 g/mol. The summed E-state index contributed by atoms with van der Waals surface area (Å²) in [4.78, 5) is 0. The fraction of sp³-hybridized carbons (Fsp3) is 1.00. The van der Waals surface area contributed by atoms with Crippen molar-refractivity contribution in [3.05, 3.63) is 0 Å². The number of nitrogens with one attached hydrogen (secondary N) is 1. The molecule has 2 N–H and O–H groups in total. The highest BCUT2D eigenvalue weighted by Crippen LogP contribution is 2.27. The molecule has 0 saturated heterocycles. The Morgan fingerprint density at radius 1 is 1.18 bits per heavy atom. The summed E-state index contributed by atoms with van der Waals surface area (Å²) in [6, 6.07) is 0. The summed E-state index contributed by atoms with van der Waals surface area (Å²) < 4.78 is 5.44. The molecule has 0 aromatic heterocycles. The van der Waals surface area contributed by atoms with E-state index in [0.29, 0.717) is 19.1 Å². The minimum Gasteiger partial charge on any atom is -0.389 e. The van der Waals surface area contributed by atoms with Crippen molar-refractivity contribution in [1.82, 2.24) is 5.32 Å². The molecule has 1 rings (SSSR count). The number of β-amino-alcohol motifs (C(OH)–C–C–N with tert-alkyl or cyclic N) is 1. The van der Waals surface area contributed by atoms with Crippen molar-refractivity contribution in [2.75, 3.05) is 19.8 Å². The maximum atomic E-state index is 9.82. The lowest BCUT2D eigenvalue weighted by Gasteiger charge is -2.35. The van der Waals surface area contributed by atoms with Gasteiger partial charge in [0.05, 0.1) is 12.7 Å². The fourth-order valence-electron chi connectivity index (χ4n) is 2.37. The van der Waals surface area contributed by atoms with Crippen molar-refractivity contribution in [2.24, 2.45) is 5.92 Å². The van der Waals surface area contributed by atoms with Crippen LogP contribution >= 0.6 is 0 Å². The van der Waals surface area contributed by atoms with Crippen LogP contribution in [0.15, 0.2) is 0 Å². The van der Waals surface area contributed by atoms with Gasteiger partial charge in [0.15, 0.2) is 0 Å². The molecule has 0 aliphatic heterocycles. The van der Waals surface area contributed by atoms with Gasteiger partial charge in [0.2, 0.25) is 0 Å². The Morgan fingerprint density at radius 3 is 2.41 bits per heavy atom. The van der Waals surface area contributed by atoms with Gasteiger partial charge in [-0.1, -0.05) is 33.1 Å². The molecule has 17 heavy (non-hydrogen) atoms. The molecule has 1 fully saturated rings. The fourth-order valence-corrected chi connectivity index (χ4v) is 2.37. The first-order valence-corrected chi connectivity index (χ1v) is 7.03. The maximum Gasteiger partial charge on any atom is 0.0897 e. The highest BCUT2D eigenvalue weighted by molar-refractivity contribution is 4.86. The highest BCUT2D eigenvalue weighted by Gasteiger charge is 2.26. The zero-order valence-corrected chi connectivity index (χ0v) is 11.7. The van der Waals surface area contributed by atoms with Gasteiger partial charge in [0.25, 0.3) is 0 Å². The van der Waals surface area contributed by atoms with Gasteiger partial charge in [-0.25, -0.2) is 0 Å². The molecule has 3 heteroatoms. The van der Waals surface area contributed by atoms with Crippen LogP contribution in [0, 0.1) is 5.92 Å². The van der Waals surface area contributed by atoms with E-state index in [1.165, 1.54) is 32.1 Å². The molecule has 1 saturated carbocycles. The third kappa shape index (κ3) is 6.39. The van der Waals surface area contributed by atoms with Crippen LogP contribution in [-0.2, 0) is 4.74 Å². The van der Waals surface area contributed by atoms with Crippen LogP contribution < -0.4 is 5.32 Å². The molecular weight excluding hydrogens is 214 g/mol. The largest absolute Gasteiger partial charge is 0.389 e. The molecule has 0 aromatic rings. The van der Waals surface area contributed by atoms with Crippen LogP contribution in [0.3, 0.4) is 0 Å². The number of rotatable bonds is 7. The van der Waals surface area contributed by atoms with Gasteiger partial charge < -0.3 is 15.2 Å². The number of aliphatic hydroxyl groups excluding tert-OH is 1. The first-order valence-electron chi connectivity index (χ1n) is 7.03.